The highest BCUT2D eigenvalue weighted by atomic mass is 32.2. The molecule has 0 aliphatic heterocycles. The SMILES string of the molecule is Cc1ccc(-n2c(SCC(=O)N(C)C3(C#N)CCCCC3)nc3ccccc3c2=O)cc1F. The van der Waals surface area contributed by atoms with Gasteiger partial charge in [-0.15, -0.1) is 0 Å². The van der Waals surface area contributed by atoms with E-state index in [1.54, 1.807) is 55.3 Å². The number of benzene rings is 2. The van der Waals surface area contributed by atoms with E-state index in [2.05, 4.69) is 11.1 Å². The van der Waals surface area contributed by atoms with Gasteiger partial charge in [0.05, 0.1) is 28.4 Å². The number of thioether (sulfide) groups is 1. The molecule has 4 rings (SSSR count). The summed E-state index contributed by atoms with van der Waals surface area (Å²) in [4.78, 5) is 32.5. The third-order valence-electron chi connectivity index (χ3n) is 6.39. The predicted molar refractivity (Wildman–Crippen MR) is 127 cm³/mol. The number of fused-ring (bicyclic) bond motifs is 1. The maximum Gasteiger partial charge on any atom is 0.266 e. The first-order valence-corrected chi connectivity index (χ1v) is 11.9. The fraction of sp³-hybridized carbons (Fsp3) is 0.360. The minimum absolute atomic E-state index is 0.0130. The number of nitriles is 1. The Kier molecular flexibility index (Phi) is 6.52. The molecule has 1 saturated carbocycles. The minimum atomic E-state index is -0.785. The lowest BCUT2D eigenvalue weighted by molar-refractivity contribution is -0.131. The molecule has 0 bridgehead atoms. The largest absolute Gasteiger partial charge is 0.326 e. The van der Waals surface area contributed by atoms with Crippen LogP contribution in [0.5, 0.6) is 0 Å². The van der Waals surface area contributed by atoms with E-state index in [1.165, 1.54) is 10.6 Å². The van der Waals surface area contributed by atoms with Crippen molar-refractivity contribution in [3.8, 4) is 11.8 Å². The first-order chi connectivity index (χ1) is 15.9. The molecular formula is C25H25FN4O2S. The average molecular weight is 465 g/mol. The van der Waals surface area contributed by atoms with Crippen LogP contribution >= 0.6 is 11.8 Å². The standard InChI is InChI=1S/C25H25FN4O2S/c1-17-10-11-18(14-20(17)26)30-23(32)19-8-4-5-9-21(19)28-24(30)33-15-22(31)29(2)25(16-27)12-6-3-7-13-25/h4-5,8-11,14H,3,6-7,12-13,15H2,1-2H3. The third kappa shape index (κ3) is 4.38. The van der Waals surface area contributed by atoms with Crippen molar-refractivity contribution in [2.45, 2.75) is 49.7 Å². The molecule has 1 aromatic heterocycles. The minimum Gasteiger partial charge on any atom is -0.326 e. The summed E-state index contributed by atoms with van der Waals surface area (Å²) in [5, 5.41) is 10.5. The van der Waals surface area contributed by atoms with E-state index in [9.17, 15) is 19.2 Å². The molecule has 0 unspecified atom stereocenters. The number of carbonyl (C=O) groups is 1. The maximum atomic E-state index is 14.3. The number of hydrogen-bond acceptors (Lipinski definition) is 5. The van der Waals surface area contributed by atoms with Gasteiger partial charge in [-0.05, 0) is 49.6 Å². The van der Waals surface area contributed by atoms with E-state index in [0.29, 0.717) is 40.2 Å². The monoisotopic (exact) mass is 464 g/mol. The molecule has 8 heteroatoms. The number of carbonyl (C=O) groups excluding carboxylic acids is 1. The fourth-order valence-electron chi connectivity index (χ4n) is 4.28. The quantitative estimate of drug-likeness (QED) is 0.407. The average Bonchev–Trinajstić information content (AvgIpc) is 2.84. The topological polar surface area (TPSA) is 79.0 Å². The predicted octanol–water partition coefficient (Wildman–Crippen LogP) is 4.61. The van der Waals surface area contributed by atoms with Gasteiger partial charge in [0.25, 0.3) is 5.56 Å². The highest BCUT2D eigenvalue weighted by Crippen LogP contribution is 2.33. The van der Waals surface area contributed by atoms with Crippen LogP contribution in [0.15, 0.2) is 52.4 Å². The van der Waals surface area contributed by atoms with E-state index in [-0.39, 0.29) is 17.2 Å². The second-order valence-electron chi connectivity index (χ2n) is 8.43. The van der Waals surface area contributed by atoms with Crippen LogP contribution in [0.25, 0.3) is 16.6 Å². The van der Waals surface area contributed by atoms with Crippen molar-refractivity contribution in [3.63, 3.8) is 0 Å². The molecule has 1 fully saturated rings. The normalized spacial score (nSPS) is 15.2. The molecule has 1 amide bonds. The molecule has 1 aliphatic carbocycles. The Morgan fingerprint density at radius 1 is 1.24 bits per heavy atom. The highest BCUT2D eigenvalue weighted by molar-refractivity contribution is 7.99. The molecule has 2 aromatic carbocycles. The van der Waals surface area contributed by atoms with Crippen LogP contribution in [0.4, 0.5) is 4.39 Å². The van der Waals surface area contributed by atoms with Gasteiger partial charge >= 0.3 is 0 Å². The van der Waals surface area contributed by atoms with E-state index < -0.39 is 11.4 Å². The molecule has 6 nitrogen and oxygen atoms in total. The van der Waals surface area contributed by atoms with Gasteiger partial charge in [0, 0.05) is 7.05 Å². The number of nitrogens with zero attached hydrogens (tertiary/aromatic N) is 4. The molecule has 1 aliphatic rings. The van der Waals surface area contributed by atoms with E-state index in [0.717, 1.165) is 31.0 Å². The van der Waals surface area contributed by atoms with Crippen molar-refractivity contribution >= 4 is 28.6 Å². The zero-order valence-electron chi connectivity index (χ0n) is 18.7. The van der Waals surface area contributed by atoms with Crippen LogP contribution < -0.4 is 5.56 Å². The Bertz CT molecular complexity index is 1310. The molecular weight excluding hydrogens is 439 g/mol. The van der Waals surface area contributed by atoms with Crippen molar-refractivity contribution in [3.05, 3.63) is 64.2 Å². The van der Waals surface area contributed by atoms with Crippen LogP contribution in [0.3, 0.4) is 0 Å². The zero-order chi connectivity index (χ0) is 23.6. The molecule has 0 spiro atoms. The Morgan fingerprint density at radius 3 is 2.67 bits per heavy atom. The molecule has 0 saturated heterocycles. The van der Waals surface area contributed by atoms with Gasteiger partial charge in [0.1, 0.15) is 11.4 Å². The number of rotatable bonds is 5. The summed E-state index contributed by atoms with van der Waals surface area (Å²) in [5.41, 5.74) is 0.224. The van der Waals surface area contributed by atoms with E-state index >= 15 is 0 Å². The number of aryl methyl sites for hydroxylation is 1. The molecule has 0 atom stereocenters. The molecule has 0 radical (unpaired) electrons. The number of aromatic nitrogens is 2. The molecule has 1 heterocycles. The third-order valence-corrected chi connectivity index (χ3v) is 7.31. The summed E-state index contributed by atoms with van der Waals surface area (Å²) in [6, 6.07) is 13.9. The Hall–Kier alpha value is -3.18. The van der Waals surface area contributed by atoms with Gasteiger partial charge in [0.15, 0.2) is 5.16 Å². The number of amides is 1. The van der Waals surface area contributed by atoms with E-state index in [1.807, 2.05) is 0 Å². The lowest BCUT2D eigenvalue weighted by atomic mass is 9.81. The summed E-state index contributed by atoms with van der Waals surface area (Å²) >= 11 is 1.12. The Balaban J connectivity index is 1.70. The van der Waals surface area contributed by atoms with Gasteiger partial charge in [-0.25, -0.2) is 9.37 Å². The number of para-hydroxylation sites is 1. The first kappa shape index (κ1) is 23.0. The fourth-order valence-corrected chi connectivity index (χ4v) is 5.20. The van der Waals surface area contributed by atoms with Crippen molar-refractivity contribution < 1.29 is 9.18 Å². The van der Waals surface area contributed by atoms with Gasteiger partial charge in [-0.2, -0.15) is 5.26 Å². The van der Waals surface area contributed by atoms with Crippen molar-refractivity contribution in [2.24, 2.45) is 0 Å². The summed E-state index contributed by atoms with van der Waals surface area (Å²) in [7, 11) is 1.67. The Morgan fingerprint density at radius 2 is 1.97 bits per heavy atom. The van der Waals surface area contributed by atoms with Crippen molar-refractivity contribution in [1.82, 2.24) is 14.5 Å². The lowest BCUT2D eigenvalue weighted by Gasteiger charge is -2.39. The van der Waals surface area contributed by atoms with Gasteiger partial charge in [0.2, 0.25) is 5.91 Å². The van der Waals surface area contributed by atoms with Crippen molar-refractivity contribution in [2.75, 3.05) is 12.8 Å². The van der Waals surface area contributed by atoms with Crippen LogP contribution in [-0.4, -0.2) is 38.7 Å². The van der Waals surface area contributed by atoms with Gasteiger partial charge < -0.3 is 4.90 Å². The Labute approximate surface area is 196 Å². The maximum absolute atomic E-state index is 14.3. The smallest absolute Gasteiger partial charge is 0.266 e. The van der Waals surface area contributed by atoms with Gasteiger partial charge in [-0.3, -0.25) is 14.2 Å². The van der Waals surface area contributed by atoms with Crippen LogP contribution in [-0.2, 0) is 4.79 Å². The summed E-state index contributed by atoms with van der Waals surface area (Å²) in [6.07, 6.45) is 4.24. The summed E-state index contributed by atoms with van der Waals surface area (Å²) < 4.78 is 15.7. The van der Waals surface area contributed by atoms with Crippen LogP contribution in [0.2, 0.25) is 0 Å². The second-order valence-corrected chi connectivity index (χ2v) is 9.37. The molecule has 170 valence electrons. The number of hydrogen-bond donors (Lipinski definition) is 0. The second kappa shape index (κ2) is 9.36. The van der Waals surface area contributed by atoms with Gasteiger partial charge in [-0.1, -0.05) is 49.2 Å². The van der Waals surface area contributed by atoms with E-state index in [4.69, 9.17) is 0 Å². The van der Waals surface area contributed by atoms with Crippen LogP contribution in [0, 0.1) is 24.1 Å². The highest BCUT2D eigenvalue weighted by Gasteiger charge is 2.38. The van der Waals surface area contributed by atoms with Crippen LogP contribution in [0.1, 0.15) is 37.7 Å². The van der Waals surface area contributed by atoms with Crippen molar-refractivity contribution in [1.29, 1.82) is 5.26 Å². The zero-order valence-corrected chi connectivity index (χ0v) is 19.5. The summed E-state index contributed by atoms with van der Waals surface area (Å²) in [5.74, 6) is -0.612. The lowest BCUT2D eigenvalue weighted by Crippen LogP contribution is -2.50. The molecule has 33 heavy (non-hydrogen) atoms. The molecule has 0 N–H and O–H groups in total. The summed E-state index contributed by atoms with van der Waals surface area (Å²) in [6.45, 7) is 1.65. The first-order valence-electron chi connectivity index (χ1n) is 11.0. The molecule has 3 aromatic rings. The number of halogens is 1.